The Morgan fingerprint density at radius 2 is 1.83 bits per heavy atom. The van der Waals surface area contributed by atoms with Crippen molar-refractivity contribution in [2.45, 2.75) is 18.3 Å². The number of nitro groups is 1. The van der Waals surface area contributed by atoms with E-state index in [1.54, 1.807) is 20.3 Å². The first-order valence-electron chi connectivity index (χ1n) is 7.31. The number of rotatable bonds is 4. The van der Waals surface area contributed by atoms with E-state index in [2.05, 4.69) is 15.9 Å². The van der Waals surface area contributed by atoms with Gasteiger partial charge in [-0.15, -0.1) is 0 Å². The summed E-state index contributed by atoms with van der Waals surface area (Å²) < 4.78 is 18.1. The van der Waals surface area contributed by atoms with E-state index in [1.807, 2.05) is 24.3 Å². The predicted molar refractivity (Wildman–Crippen MR) is 91.2 cm³/mol. The van der Waals surface area contributed by atoms with Crippen LogP contribution < -0.4 is 4.74 Å². The first kappa shape index (κ1) is 16.9. The number of hydrogen-bond donors (Lipinski definition) is 0. The number of nitro benzene ring substituents is 1. The Morgan fingerprint density at radius 3 is 2.42 bits per heavy atom. The third-order valence-corrected chi connectivity index (χ3v) is 4.64. The van der Waals surface area contributed by atoms with Gasteiger partial charge in [0.15, 0.2) is 0 Å². The molecule has 0 bridgehead atoms. The molecule has 1 aliphatic heterocycles. The van der Waals surface area contributed by atoms with Gasteiger partial charge in [-0.25, -0.2) is 0 Å². The fourth-order valence-corrected chi connectivity index (χ4v) is 3.26. The summed E-state index contributed by atoms with van der Waals surface area (Å²) in [5.41, 5.74) is 1.62. The molecule has 0 aromatic heterocycles. The average molecular weight is 394 g/mol. The topological polar surface area (TPSA) is 70.8 Å². The number of fused-ring (bicyclic) bond motifs is 1. The lowest BCUT2D eigenvalue weighted by Crippen LogP contribution is -2.36. The van der Waals surface area contributed by atoms with Crippen LogP contribution in [0.3, 0.4) is 0 Å². The first-order chi connectivity index (χ1) is 11.5. The van der Waals surface area contributed by atoms with Crippen LogP contribution in [0.4, 0.5) is 5.69 Å². The second-order valence-corrected chi connectivity index (χ2v) is 6.35. The van der Waals surface area contributed by atoms with E-state index in [9.17, 15) is 10.1 Å². The quantitative estimate of drug-likeness (QED) is 0.575. The Labute approximate surface area is 147 Å². The monoisotopic (exact) mass is 393 g/mol. The van der Waals surface area contributed by atoms with E-state index in [-0.39, 0.29) is 11.6 Å². The number of ether oxygens (including phenoxy) is 3. The minimum atomic E-state index is -0.551. The molecule has 1 aliphatic rings. The Hall–Kier alpha value is -1.96. The van der Waals surface area contributed by atoms with Gasteiger partial charge in [0, 0.05) is 36.4 Å². The van der Waals surface area contributed by atoms with E-state index >= 15 is 0 Å². The van der Waals surface area contributed by atoms with Crippen molar-refractivity contribution in [1.29, 1.82) is 0 Å². The van der Waals surface area contributed by atoms with Crippen LogP contribution in [-0.4, -0.2) is 25.4 Å². The first-order valence-corrected chi connectivity index (χ1v) is 8.10. The normalized spacial score (nSPS) is 22.5. The molecule has 0 fully saturated rings. The molecule has 0 unspecified atom stereocenters. The van der Waals surface area contributed by atoms with Crippen LogP contribution in [0.1, 0.15) is 23.1 Å². The molecule has 6 nitrogen and oxygen atoms in total. The third-order valence-electron chi connectivity index (χ3n) is 4.11. The van der Waals surface area contributed by atoms with Gasteiger partial charge < -0.3 is 14.2 Å². The van der Waals surface area contributed by atoms with Crippen molar-refractivity contribution in [3.05, 3.63) is 68.2 Å². The summed E-state index contributed by atoms with van der Waals surface area (Å²) >= 11 is 3.42. The zero-order chi connectivity index (χ0) is 17.3. The maximum Gasteiger partial charge on any atom is 0.270 e. The second kappa shape index (κ2) is 6.88. The van der Waals surface area contributed by atoms with Gasteiger partial charge in [-0.1, -0.05) is 28.1 Å². The summed E-state index contributed by atoms with van der Waals surface area (Å²) in [6.07, 6.45) is -0.968. The van der Waals surface area contributed by atoms with Crippen molar-refractivity contribution in [3.8, 4) is 5.75 Å². The van der Waals surface area contributed by atoms with Gasteiger partial charge in [0.1, 0.15) is 5.75 Å². The molecule has 2 aromatic rings. The molecule has 0 saturated carbocycles. The standard InChI is InChI=1S/C17H16BrNO5/c1-22-16-13-9-12(19(20)21)7-8-14(13)24-17(23-2)15(16)10-3-5-11(18)6-4-10/h3-9,15-17H,1-2H3/t15-,16-,17-/m1/s1. The molecule has 1 heterocycles. The lowest BCUT2D eigenvalue weighted by molar-refractivity contribution is -0.385. The number of hydrogen-bond acceptors (Lipinski definition) is 5. The fourth-order valence-electron chi connectivity index (χ4n) is 3.00. The van der Waals surface area contributed by atoms with Crippen molar-refractivity contribution < 1.29 is 19.1 Å². The van der Waals surface area contributed by atoms with Crippen LogP contribution in [-0.2, 0) is 9.47 Å². The molecule has 126 valence electrons. The molecule has 7 heteroatoms. The summed E-state index contributed by atoms with van der Waals surface area (Å²) in [5, 5.41) is 11.1. The van der Waals surface area contributed by atoms with Gasteiger partial charge in [0.2, 0.25) is 6.29 Å². The smallest absolute Gasteiger partial charge is 0.270 e. The second-order valence-electron chi connectivity index (χ2n) is 5.43. The molecule has 0 N–H and O–H groups in total. The van der Waals surface area contributed by atoms with Crippen molar-refractivity contribution in [3.63, 3.8) is 0 Å². The van der Waals surface area contributed by atoms with Gasteiger partial charge in [0.25, 0.3) is 5.69 Å². The van der Waals surface area contributed by atoms with Crippen molar-refractivity contribution in [2.24, 2.45) is 0 Å². The number of nitrogens with zero attached hydrogens (tertiary/aromatic N) is 1. The maximum absolute atomic E-state index is 11.1. The molecular formula is C17H16BrNO5. The van der Waals surface area contributed by atoms with Crippen LogP contribution in [0, 0.1) is 10.1 Å². The molecule has 0 amide bonds. The minimum absolute atomic E-state index is 0.00447. The molecule has 0 aliphatic carbocycles. The number of non-ortho nitro benzene ring substituents is 1. The van der Waals surface area contributed by atoms with E-state index in [0.717, 1.165) is 10.0 Å². The van der Waals surface area contributed by atoms with Gasteiger partial charge in [0.05, 0.1) is 16.9 Å². The van der Waals surface area contributed by atoms with Crippen molar-refractivity contribution in [1.82, 2.24) is 0 Å². The predicted octanol–water partition coefficient (Wildman–Crippen LogP) is 4.19. The molecule has 0 saturated heterocycles. The van der Waals surface area contributed by atoms with E-state index in [0.29, 0.717) is 11.3 Å². The number of benzene rings is 2. The van der Waals surface area contributed by atoms with Gasteiger partial charge in [-0.2, -0.15) is 0 Å². The van der Waals surface area contributed by atoms with Crippen LogP contribution >= 0.6 is 15.9 Å². The fraction of sp³-hybridized carbons (Fsp3) is 0.294. The Morgan fingerprint density at radius 1 is 1.12 bits per heavy atom. The largest absolute Gasteiger partial charge is 0.464 e. The van der Waals surface area contributed by atoms with Crippen LogP contribution in [0.15, 0.2) is 46.9 Å². The van der Waals surface area contributed by atoms with Gasteiger partial charge in [-0.05, 0) is 23.8 Å². The van der Waals surface area contributed by atoms with E-state index < -0.39 is 17.3 Å². The van der Waals surface area contributed by atoms with Crippen LogP contribution in [0.25, 0.3) is 0 Å². The zero-order valence-corrected chi connectivity index (χ0v) is 14.7. The van der Waals surface area contributed by atoms with Crippen molar-refractivity contribution >= 4 is 21.6 Å². The number of halogens is 1. The lowest BCUT2D eigenvalue weighted by atomic mass is 9.86. The van der Waals surface area contributed by atoms with Crippen molar-refractivity contribution in [2.75, 3.05) is 14.2 Å². The Bertz CT molecular complexity index is 749. The van der Waals surface area contributed by atoms with Crippen LogP contribution in [0.2, 0.25) is 0 Å². The van der Waals surface area contributed by atoms with Gasteiger partial charge >= 0.3 is 0 Å². The van der Waals surface area contributed by atoms with Crippen LogP contribution in [0.5, 0.6) is 5.75 Å². The average Bonchev–Trinajstić information content (AvgIpc) is 2.60. The lowest BCUT2D eigenvalue weighted by Gasteiger charge is -2.38. The highest BCUT2D eigenvalue weighted by molar-refractivity contribution is 9.10. The van der Waals surface area contributed by atoms with Gasteiger partial charge in [-0.3, -0.25) is 10.1 Å². The Kier molecular flexibility index (Phi) is 4.84. The SMILES string of the molecule is CO[C@@H]1Oc2ccc([N+](=O)[O-])cc2[C@@H](OC)[C@H]1c1ccc(Br)cc1. The number of methoxy groups -OCH3 is 2. The zero-order valence-electron chi connectivity index (χ0n) is 13.1. The molecule has 3 rings (SSSR count). The highest BCUT2D eigenvalue weighted by Crippen LogP contribution is 2.47. The summed E-state index contributed by atoms with van der Waals surface area (Å²) in [6, 6.07) is 12.3. The molecule has 2 aromatic carbocycles. The highest BCUT2D eigenvalue weighted by Gasteiger charge is 2.40. The molecular weight excluding hydrogens is 378 g/mol. The van der Waals surface area contributed by atoms with E-state index in [4.69, 9.17) is 14.2 Å². The summed E-state index contributed by atoms with van der Waals surface area (Å²) in [4.78, 5) is 10.7. The maximum atomic E-state index is 11.1. The Balaban J connectivity index is 2.09. The van der Waals surface area contributed by atoms with E-state index in [1.165, 1.54) is 12.1 Å². The molecule has 0 spiro atoms. The highest BCUT2D eigenvalue weighted by atomic mass is 79.9. The molecule has 24 heavy (non-hydrogen) atoms. The summed E-state index contributed by atoms with van der Waals surface area (Å²) in [6.45, 7) is 0. The summed E-state index contributed by atoms with van der Waals surface area (Å²) in [7, 11) is 3.15. The molecule has 3 atom stereocenters. The third kappa shape index (κ3) is 3.02. The summed E-state index contributed by atoms with van der Waals surface area (Å²) in [5.74, 6) is 0.287. The minimum Gasteiger partial charge on any atom is -0.464 e. The molecule has 0 radical (unpaired) electrons.